The van der Waals surface area contributed by atoms with Crippen LogP contribution in [0.5, 0.6) is 5.75 Å². The predicted octanol–water partition coefficient (Wildman–Crippen LogP) is 1.18. The Morgan fingerprint density at radius 2 is 2.12 bits per heavy atom. The third-order valence-corrected chi connectivity index (χ3v) is 2.21. The third-order valence-electron chi connectivity index (χ3n) is 2.21. The number of primary amides is 1. The number of rotatable bonds is 5. The first kappa shape index (κ1) is 12.3. The van der Waals surface area contributed by atoms with E-state index in [4.69, 9.17) is 16.2 Å². The lowest BCUT2D eigenvalue weighted by Crippen LogP contribution is -2.18. The van der Waals surface area contributed by atoms with E-state index in [1.165, 1.54) is 0 Å². The van der Waals surface area contributed by atoms with Crippen LogP contribution in [0.15, 0.2) is 24.3 Å². The van der Waals surface area contributed by atoms with Gasteiger partial charge in [0, 0.05) is 18.0 Å². The van der Waals surface area contributed by atoms with Crippen LogP contribution in [0.3, 0.4) is 0 Å². The number of benzene rings is 1. The fourth-order valence-corrected chi connectivity index (χ4v) is 1.41. The Kier molecular flexibility index (Phi) is 4.60. The van der Waals surface area contributed by atoms with Gasteiger partial charge in [0.1, 0.15) is 5.75 Å². The molecule has 0 aliphatic rings. The maximum absolute atomic E-state index is 10.4. The Labute approximate surface area is 94.3 Å². The Morgan fingerprint density at radius 1 is 1.44 bits per heavy atom. The summed E-state index contributed by atoms with van der Waals surface area (Å²) < 4.78 is 9.81. The van der Waals surface area contributed by atoms with Crippen molar-refractivity contribution >= 4 is 6.09 Å². The number of nitrogens with two attached hydrogens (primary N) is 2. The van der Waals surface area contributed by atoms with Crippen LogP contribution in [-0.4, -0.2) is 19.8 Å². The highest BCUT2D eigenvalue weighted by Gasteiger charge is 2.11. The summed E-state index contributed by atoms with van der Waals surface area (Å²) in [5, 5.41) is 0. The number of hydrogen-bond donors (Lipinski definition) is 2. The highest BCUT2D eigenvalue weighted by atomic mass is 16.5. The summed E-state index contributed by atoms with van der Waals surface area (Å²) in [5.74, 6) is 0.731. The highest BCUT2D eigenvalue weighted by Crippen LogP contribution is 2.24. The van der Waals surface area contributed by atoms with Crippen LogP contribution < -0.4 is 16.2 Å². The van der Waals surface area contributed by atoms with Gasteiger partial charge < -0.3 is 20.9 Å². The summed E-state index contributed by atoms with van der Waals surface area (Å²) in [4.78, 5) is 10.4. The Hall–Kier alpha value is -1.75. The molecule has 0 aromatic heterocycles. The third kappa shape index (κ3) is 3.43. The number of carbonyl (C=O) groups is 1. The molecule has 0 spiro atoms. The van der Waals surface area contributed by atoms with Gasteiger partial charge in [0.2, 0.25) is 0 Å². The zero-order valence-electron chi connectivity index (χ0n) is 9.18. The van der Waals surface area contributed by atoms with Crippen molar-refractivity contribution in [2.45, 2.75) is 12.5 Å². The summed E-state index contributed by atoms with van der Waals surface area (Å²) in [5.41, 5.74) is 11.7. The second-order valence-corrected chi connectivity index (χ2v) is 3.30. The molecule has 0 radical (unpaired) electrons. The smallest absolute Gasteiger partial charge is 0.404 e. The van der Waals surface area contributed by atoms with E-state index in [1.54, 1.807) is 7.11 Å². The van der Waals surface area contributed by atoms with Gasteiger partial charge in [-0.1, -0.05) is 18.2 Å². The van der Waals surface area contributed by atoms with Crippen LogP contribution in [0.4, 0.5) is 4.79 Å². The molecule has 16 heavy (non-hydrogen) atoms. The Bertz CT molecular complexity index is 355. The number of amides is 1. The van der Waals surface area contributed by atoms with Crippen LogP contribution in [0.1, 0.15) is 18.0 Å². The average Bonchev–Trinajstić information content (AvgIpc) is 2.28. The minimum Gasteiger partial charge on any atom is -0.496 e. The van der Waals surface area contributed by atoms with E-state index >= 15 is 0 Å². The highest BCUT2D eigenvalue weighted by molar-refractivity contribution is 5.64. The molecule has 4 N–H and O–H groups in total. The van der Waals surface area contributed by atoms with Crippen molar-refractivity contribution in [1.29, 1.82) is 0 Å². The lowest BCUT2D eigenvalue weighted by molar-refractivity contribution is 0.152. The number of hydrogen-bond acceptors (Lipinski definition) is 4. The minimum atomic E-state index is -0.785. The van der Waals surface area contributed by atoms with Crippen molar-refractivity contribution < 1.29 is 14.3 Å². The summed E-state index contributed by atoms with van der Waals surface area (Å²) in [6.45, 7) is 0.203. The van der Waals surface area contributed by atoms with Gasteiger partial charge in [-0.3, -0.25) is 0 Å². The molecule has 0 bridgehead atoms. The number of methoxy groups -OCH3 is 1. The lowest BCUT2D eigenvalue weighted by atomic mass is 10.0. The van der Waals surface area contributed by atoms with Gasteiger partial charge in [-0.05, 0) is 6.07 Å². The van der Waals surface area contributed by atoms with Crippen molar-refractivity contribution in [3.05, 3.63) is 29.8 Å². The molecule has 5 heteroatoms. The van der Waals surface area contributed by atoms with Crippen molar-refractivity contribution in [3.63, 3.8) is 0 Å². The predicted molar refractivity (Wildman–Crippen MR) is 60.1 cm³/mol. The van der Waals surface area contributed by atoms with Crippen LogP contribution in [0, 0.1) is 0 Å². The topological polar surface area (TPSA) is 87.6 Å². The maximum Gasteiger partial charge on any atom is 0.404 e. The fraction of sp³-hybridized carbons (Fsp3) is 0.364. The SMILES string of the molecule is COc1ccccc1C(N)CCOC(N)=O. The quantitative estimate of drug-likeness (QED) is 0.786. The molecule has 0 aliphatic carbocycles. The molecule has 1 rings (SSSR count). The summed E-state index contributed by atoms with van der Waals surface area (Å²) in [6, 6.07) is 7.23. The van der Waals surface area contributed by atoms with E-state index in [0.29, 0.717) is 6.42 Å². The molecule has 1 atom stereocenters. The molecular weight excluding hydrogens is 208 g/mol. The first-order valence-corrected chi connectivity index (χ1v) is 4.96. The lowest BCUT2D eigenvalue weighted by Gasteiger charge is -2.15. The monoisotopic (exact) mass is 224 g/mol. The van der Waals surface area contributed by atoms with E-state index < -0.39 is 6.09 Å². The standard InChI is InChI=1S/C11H16N2O3/c1-15-10-5-3-2-4-8(10)9(12)6-7-16-11(13)14/h2-5,9H,6-7,12H2,1H3,(H2,13,14). The van der Waals surface area contributed by atoms with Gasteiger partial charge >= 0.3 is 6.09 Å². The molecule has 1 aromatic rings. The van der Waals surface area contributed by atoms with Gasteiger partial charge in [0.05, 0.1) is 13.7 Å². The minimum absolute atomic E-state index is 0.203. The average molecular weight is 224 g/mol. The molecule has 0 saturated carbocycles. The van der Waals surface area contributed by atoms with E-state index in [2.05, 4.69) is 4.74 Å². The molecule has 0 fully saturated rings. The molecule has 1 aromatic carbocycles. The molecule has 1 amide bonds. The molecule has 0 saturated heterocycles. The first-order valence-electron chi connectivity index (χ1n) is 4.96. The van der Waals surface area contributed by atoms with E-state index in [1.807, 2.05) is 24.3 Å². The van der Waals surface area contributed by atoms with Crippen LogP contribution >= 0.6 is 0 Å². The van der Waals surface area contributed by atoms with E-state index in [9.17, 15) is 4.79 Å². The van der Waals surface area contributed by atoms with Gasteiger partial charge in [-0.15, -0.1) is 0 Å². The van der Waals surface area contributed by atoms with E-state index in [0.717, 1.165) is 11.3 Å². The number of carbonyl (C=O) groups excluding carboxylic acids is 1. The fourth-order valence-electron chi connectivity index (χ4n) is 1.41. The maximum atomic E-state index is 10.4. The van der Waals surface area contributed by atoms with Crippen LogP contribution in [-0.2, 0) is 4.74 Å². The van der Waals surface area contributed by atoms with Gasteiger partial charge in [-0.25, -0.2) is 4.79 Å². The summed E-state index contributed by atoms with van der Waals surface area (Å²) in [6.07, 6.45) is -0.282. The van der Waals surface area contributed by atoms with Crippen molar-refractivity contribution in [3.8, 4) is 5.75 Å². The zero-order chi connectivity index (χ0) is 12.0. The molecule has 0 heterocycles. The first-order chi connectivity index (χ1) is 7.65. The van der Waals surface area contributed by atoms with Gasteiger partial charge in [0.25, 0.3) is 0 Å². The van der Waals surface area contributed by atoms with Crippen LogP contribution in [0.2, 0.25) is 0 Å². The molecular formula is C11H16N2O3. The molecule has 88 valence electrons. The van der Waals surface area contributed by atoms with Gasteiger partial charge in [-0.2, -0.15) is 0 Å². The van der Waals surface area contributed by atoms with Crippen molar-refractivity contribution in [2.75, 3.05) is 13.7 Å². The van der Waals surface area contributed by atoms with Gasteiger partial charge in [0.15, 0.2) is 0 Å². The molecule has 0 aliphatic heterocycles. The zero-order valence-corrected chi connectivity index (χ0v) is 9.18. The van der Waals surface area contributed by atoms with Crippen molar-refractivity contribution in [2.24, 2.45) is 11.5 Å². The Morgan fingerprint density at radius 3 is 2.75 bits per heavy atom. The molecule has 5 nitrogen and oxygen atoms in total. The van der Waals surface area contributed by atoms with Crippen molar-refractivity contribution in [1.82, 2.24) is 0 Å². The summed E-state index contributed by atoms with van der Waals surface area (Å²) in [7, 11) is 1.59. The summed E-state index contributed by atoms with van der Waals surface area (Å²) >= 11 is 0. The number of para-hydroxylation sites is 1. The van der Waals surface area contributed by atoms with E-state index in [-0.39, 0.29) is 12.6 Å². The normalized spacial score (nSPS) is 11.9. The largest absolute Gasteiger partial charge is 0.496 e. The number of ether oxygens (including phenoxy) is 2. The Balaban J connectivity index is 2.58. The second-order valence-electron chi connectivity index (χ2n) is 3.30. The second kappa shape index (κ2) is 5.97. The molecule has 1 unspecified atom stereocenters. The van der Waals surface area contributed by atoms with Crippen LogP contribution in [0.25, 0.3) is 0 Å².